The summed E-state index contributed by atoms with van der Waals surface area (Å²) in [4.78, 5) is 11.4. The Kier molecular flexibility index (Phi) is 4.63. The number of carbonyl (C=O) groups excluding carboxylic acids is 1. The summed E-state index contributed by atoms with van der Waals surface area (Å²) in [6.07, 6.45) is 2.41. The van der Waals surface area contributed by atoms with Crippen molar-refractivity contribution in [2.45, 2.75) is 18.9 Å². The van der Waals surface area contributed by atoms with Crippen LogP contribution >= 0.6 is 0 Å². The predicted molar refractivity (Wildman–Crippen MR) is 32.5 cm³/mol. The monoisotopic (exact) mass is 167 g/mol. The van der Waals surface area contributed by atoms with Crippen LogP contribution in [0.15, 0.2) is 0 Å². The van der Waals surface area contributed by atoms with Crippen LogP contribution in [0, 0.1) is 0 Å². The Balaban J connectivity index is 0.000000810. The van der Waals surface area contributed by atoms with Gasteiger partial charge in [-0.25, -0.2) is 0 Å². The van der Waals surface area contributed by atoms with Gasteiger partial charge in [-0.2, -0.15) is 6.41 Å². The van der Waals surface area contributed by atoms with Crippen LogP contribution < -0.4 is 51.4 Å². The van der Waals surface area contributed by atoms with Gasteiger partial charge in [0.2, 0.25) is 0 Å². The summed E-state index contributed by atoms with van der Waals surface area (Å²) in [5, 5.41) is 9.28. The third-order valence-corrected chi connectivity index (χ3v) is 1.58. The van der Waals surface area contributed by atoms with Gasteiger partial charge in [-0.05, 0) is 19.9 Å². The van der Waals surface area contributed by atoms with Crippen LogP contribution in [-0.2, 0) is 4.79 Å². The molecule has 1 N–H and O–H groups in total. The first-order chi connectivity index (χ1) is 4.14. The van der Waals surface area contributed by atoms with Crippen molar-refractivity contribution in [1.82, 2.24) is 4.90 Å². The zero-order valence-corrected chi connectivity index (χ0v) is 9.55. The van der Waals surface area contributed by atoms with Crippen LogP contribution in [0.2, 0.25) is 0 Å². The molecule has 3 nitrogen and oxygen atoms in total. The van der Waals surface area contributed by atoms with E-state index >= 15 is 0 Å². The molecule has 1 unspecified atom stereocenters. The van der Waals surface area contributed by atoms with Crippen molar-refractivity contribution < 1.29 is 61.3 Å². The molecule has 0 aromatic rings. The third kappa shape index (κ3) is 2.98. The van der Waals surface area contributed by atoms with E-state index in [-0.39, 0.29) is 51.4 Å². The number of aliphatic hydroxyl groups is 1. The molecule has 52 valence electrons. The van der Waals surface area contributed by atoms with E-state index in [1.807, 2.05) is 0 Å². The molecule has 0 aromatic heterocycles. The first-order valence-electron chi connectivity index (χ1n) is 2.99. The summed E-state index contributed by atoms with van der Waals surface area (Å²) in [6, 6.07) is 0. The summed E-state index contributed by atoms with van der Waals surface area (Å²) < 4.78 is 0. The van der Waals surface area contributed by atoms with Crippen molar-refractivity contribution in [3.63, 3.8) is 0 Å². The number of likely N-dealkylation sites (tertiary alicyclic amines) is 1. The van der Waals surface area contributed by atoms with Gasteiger partial charge in [0.25, 0.3) is 0 Å². The second-order valence-corrected chi connectivity index (χ2v) is 2.76. The van der Waals surface area contributed by atoms with Gasteiger partial charge in [-0.1, -0.05) is 0 Å². The van der Waals surface area contributed by atoms with Crippen LogP contribution in [0.1, 0.15) is 13.3 Å². The van der Waals surface area contributed by atoms with Crippen molar-refractivity contribution in [3.05, 3.63) is 0 Å². The number of amides is 1. The third-order valence-electron chi connectivity index (χ3n) is 1.58. The fourth-order valence-corrected chi connectivity index (χ4v) is 1.02. The van der Waals surface area contributed by atoms with E-state index < -0.39 is 5.60 Å². The molecular weight excluding hydrogens is 157 g/mol. The zero-order valence-electron chi connectivity index (χ0n) is 6.42. The van der Waals surface area contributed by atoms with E-state index in [0.29, 0.717) is 19.5 Å². The molecule has 0 spiro atoms. The Morgan fingerprint density at radius 2 is 2.30 bits per heavy atom. The summed E-state index contributed by atoms with van der Waals surface area (Å²) in [5.41, 5.74) is -0.669. The van der Waals surface area contributed by atoms with Crippen molar-refractivity contribution >= 4 is 6.41 Å². The molecule has 1 heterocycles. The van der Waals surface area contributed by atoms with E-state index in [4.69, 9.17) is 0 Å². The number of β-amino-alcohol motifs (C(OH)–C–C–N with tert-alkyl or cyclic N) is 1. The number of hydrogen-bond donors (Lipinski definition) is 1. The number of rotatable bonds is 1. The second-order valence-electron chi connectivity index (χ2n) is 2.76. The molecule has 1 saturated heterocycles. The average molecular weight is 167 g/mol. The predicted octanol–water partition coefficient (Wildman–Crippen LogP) is -3.49. The van der Waals surface area contributed by atoms with E-state index in [1.54, 1.807) is 13.3 Å². The average Bonchev–Trinajstić information content (AvgIpc) is 2.10. The van der Waals surface area contributed by atoms with Crippen molar-refractivity contribution in [3.8, 4) is 0 Å². The number of hydrogen-bond acceptors (Lipinski definition) is 2. The van der Waals surface area contributed by atoms with Gasteiger partial charge in [-0.15, -0.1) is 0 Å². The number of nitrogens with zero attached hydrogens (tertiary/aromatic N) is 1. The maximum Gasteiger partial charge on any atom is 1.00 e. The normalized spacial score (nSPS) is 31.6. The minimum atomic E-state index is -0.669. The molecule has 1 aliphatic rings. The summed E-state index contributed by atoms with van der Waals surface area (Å²) in [7, 11) is 0. The van der Waals surface area contributed by atoms with Gasteiger partial charge in [0, 0.05) is 6.54 Å². The molecule has 1 rings (SSSR count). The van der Waals surface area contributed by atoms with Crippen LogP contribution in [0.3, 0.4) is 0 Å². The zero-order chi connectivity index (χ0) is 6.91. The molecule has 4 heteroatoms. The Hall–Kier alpha value is 1.07. The van der Waals surface area contributed by atoms with Gasteiger partial charge in [0.15, 0.2) is 0 Å². The molecule has 1 aliphatic heterocycles. The van der Waals surface area contributed by atoms with Gasteiger partial charge < -0.3 is 14.8 Å². The molecule has 0 bridgehead atoms. The van der Waals surface area contributed by atoms with Crippen molar-refractivity contribution in [2.24, 2.45) is 0 Å². The van der Waals surface area contributed by atoms with Gasteiger partial charge in [0.05, 0.1) is 5.60 Å². The Bertz CT molecular complexity index is 127. The molecule has 10 heavy (non-hydrogen) atoms. The standard InChI is InChI=1S/C6H10NO2.K/c1-6(9)2-3-7(4-6)5-8;/h9H,2-4H2,1H3;/q-1;+1. The molecule has 0 aromatic carbocycles. The van der Waals surface area contributed by atoms with E-state index in [1.165, 1.54) is 4.90 Å². The topological polar surface area (TPSA) is 40.5 Å². The first-order valence-corrected chi connectivity index (χ1v) is 2.99. The summed E-state index contributed by atoms with van der Waals surface area (Å²) >= 11 is 0. The maximum absolute atomic E-state index is 9.98. The first kappa shape index (κ1) is 11.1. The summed E-state index contributed by atoms with van der Waals surface area (Å²) in [5.74, 6) is 0. The largest absolute Gasteiger partial charge is 1.00 e. The van der Waals surface area contributed by atoms with E-state index in [9.17, 15) is 9.90 Å². The van der Waals surface area contributed by atoms with Crippen LogP contribution in [0.4, 0.5) is 0 Å². The van der Waals surface area contributed by atoms with Crippen LogP contribution in [0.25, 0.3) is 0 Å². The second kappa shape index (κ2) is 4.18. The molecule has 1 atom stereocenters. The molecular formula is C6H10KNO2. The molecule has 1 amide bonds. The van der Waals surface area contributed by atoms with Crippen molar-refractivity contribution in [1.29, 1.82) is 0 Å². The van der Waals surface area contributed by atoms with Crippen LogP contribution in [-0.4, -0.2) is 35.1 Å². The minimum Gasteiger partial charge on any atom is -0.520 e. The van der Waals surface area contributed by atoms with Gasteiger partial charge in [0.1, 0.15) is 0 Å². The minimum absolute atomic E-state index is 0. The fourth-order valence-electron chi connectivity index (χ4n) is 1.02. The molecule has 0 radical (unpaired) electrons. The molecule has 1 fully saturated rings. The molecule has 0 saturated carbocycles. The molecule has 0 aliphatic carbocycles. The van der Waals surface area contributed by atoms with Gasteiger partial charge in [-0.3, -0.25) is 0 Å². The van der Waals surface area contributed by atoms with E-state index in [2.05, 4.69) is 0 Å². The van der Waals surface area contributed by atoms with Gasteiger partial charge >= 0.3 is 51.4 Å². The quantitative estimate of drug-likeness (QED) is 0.325. The van der Waals surface area contributed by atoms with Crippen molar-refractivity contribution in [2.75, 3.05) is 13.1 Å². The smallest absolute Gasteiger partial charge is 0.520 e. The van der Waals surface area contributed by atoms with Crippen LogP contribution in [0.5, 0.6) is 0 Å². The SMILES string of the molecule is CC1(O)CCN([C-]=O)C1.[K+]. The van der Waals surface area contributed by atoms with E-state index in [0.717, 1.165) is 0 Å². The maximum atomic E-state index is 9.98. The fraction of sp³-hybridized carbons (Fsp3) is 0.833. The summed E-state index contributed by atoms with van der Waals surface area (Å²) in [6.45, 7) is 2.79. The Morgan fingerprint density at radius 1 is 1.70 bits per heavy atom. The Morgan fingerprint density at radius 3 is 2.50 bits per heavy atom. The Labute approximate surface area is 103 Å².